The molecule has 102 valence electrons. The molecule has 0 saturated heterocycles. The second-order valence-corrected chi connectivity index (χ2v) is 7.62. The lowest BCUT2D eigenvalue weighted by molar-refractivity contribution is 0.0770. The van der Waals surface area contributed by atoms with Crippen LogP contribution in [0.4, 0.5) is 0 Å². The molecule has 2 rings (SSSR count). The number of rotatable bonds is 6. The molecule has 3 heteroatoms. The molecule has 0 unspecified atom stereocenters. The summed E-state index contributed by atoms with van der Waals surface area (Å²) in [5, 5.41) is 1.07. The highest BCUT2D eigenvalue weighted by atomic mass is 28.2. The minimum atomic E-state index is -0.652. The van der Waals surface area contributed by atoms with Crippen LogP contribution in [-0.2, 0) is 4.43 Å². The van der Waals surface area contributed by atoms with E-state index < -0.39 is 9.76 Å². The van der Waals surface area contributed by atoms with Crippen molar-refractivity contribution in [3.05, 3.63) is 18.4 Å². The van der Waals surface area contributed by atoms with Gasteiger partial charge < -0.3 is 8.84 Å². The quantitative estimate of drug-likeness (QED) is 0.739. The Kier molecular flexibility index (Phi) is 5.07. The minimum Gasteiger partial charge on any atom is -0.472 e. The highest BCUT2D eigenvalue weighted by Crippen LogP contribution is 2.41. The van der Waals surface area contributed by atoms with Crippen molar-refractivity contribution in [3.8, 4) is 0 Å². The molecule has 0 radical (unpaired) electrons. The highest BCUT2D eigenvalue weighted by Gasteiger charge is 2.32. The van der Waals surface area contributed by atoms with Crippen LogP contribution in [0.25, 0.3) is 0 Å². The number of furan rings is 1. The first-order valence-electron chi connectivity index (χ1n) is 7.30. The second-order valence-electron chi connectivity index (χ2n) is 6.23. The Labute approximate surface area is 113 Å². The van der Waals surface area contributed by atoms with Crippen molar-refractivity contribution in [1.82, 2.24) is 0 Å². The monoisotopic (exact) mass is 266 g/mol. The molecule has 0 N–H and O–H groups in total. The molecule has 0 aromatic carbocycles. The molecule has 1 aromatic heterocycles. The van der Waals surface area contributed by atoms with Crippen molar-refractivity contribution in [2.75, 3.05) is 6.61 Å². The average molecular weight is 266 g/mol. The van der Waals surface area contributed by atoms with Crippen molar-refractivity contribution in [2.45, 2.75) is 52.4 Å². The van der Waals surface area contributed by atoms with E-state index in [0.29, 0.717) is 5.41 Å². The normalized spacial score (nSPS) is 19.9. The SMILES string of the molecule is CC(C)CC1(CO[SiH2]c2ccco2)CCCCC1. The first kappa shape index (κ1) is 13.9. The third-order valence-corrected chi connectivity index (χ3v) is 5.08. The van der Waals surface area contributed by atoms with Crippen LogP contribution in [-0.4, -0.2) is 16.4 Å². The molecular weight excluding hydrogens is 240 g/mol. The fraction of sp³-hybridized carbons (Fsp3) is 0.733. The molecular formula is C15H26O2Si. The van der Waals surface area contributed by atoms with Crippen molar-refractivity contribution >= 4 is 15.1 Å². The van der Waals surface area contributed by atoms with Gasteiger partial charge in [-0.05, 0) is 42.7 Å². The van der Waals surface area contributed by atoms with Crippen LogP contribution >= 0.6 is 0 Å². The Morgan fingerprint density at radius 1 is 1.33 bits per heavy atom. The van der Waals surface area contributed by atoms with Crippen LogP contribution in [0.2, 0.25) is 0 Å². The lowest BCUT2D eigenvalue weighted by Gasteiger charge is -2.38. The van der Waals surface area contributed by atoms with Gasteiger partial charge in [-0.3, -0.25) is 0 Å². The summed E-state index contributed by atoms with van der Waals surface area (Å²) in [5.41, 5.74) is 0.464. The molecule has 1 aliphatic rings. The molecule has 0 bridgehead atoms. The summed E-state index contributed by atoms with van der Waals surface area (Å²) in [6, 6.07) is 4.00. The van der Waals surface area contributed by atoms with Gasteiger partial charge in [-0.1, -0.05) is 33.1 Å². The lowest BCUT2D eigenvalue weighted by Crippen LogP contribution is -2.33. The zero-order valence-electron chi connectivity index (χ0n) is 11.8. The third-order valence-electron chi connectivity index (χ3n) is 3.99. The zero-order valence-corrected chi connectivity index (χ0v) is 13.2. The van der Waals surface area contributed by atoms with Crippen molar-refractivity contribution in [1.29, 1.82) is 0 Å². The van der Waals surface area contributed by atoms with Gasteiger partial charge in [0.1, 0.15) is 5.38 Å². The second kappa shape index (κ2) is 6.57. The largest absolute Gasteiger partial charge is 0.472 e. The van der Waals surface area contributed by atoms with E-state index in [1.165, 1.54) is 38.5 Å². The molecule has 0 atom stereocenters. The highest BCUT2D eigenvalue weighted by molar-refractivity contribution is 6.44. The van der Waals surface area contributed by atoms with Gasteiger partial charge in [-0.2, -0.15) is 0 Å². The molecule has 0 spiro atoms. The van der Waals surface area contributed by atoms with Gasteiger partial charge >= 0.3 is 0 Å². The Morgan fingerprint density at radius 3 is 2.72 bits per heavy atom. The summed E-state index contributed by atoms with van der Waals surface area (Å²) in [4.78, 5) is 0. The summed E-state index contributed by atoms with van der Waals surface area (Å²) in [6.45, 7) is 5.62. The van der Waals surface area contributed by atoms with Crippen LogP contribution in [0, 0.1) is 11.3 Å². The van der Waals surface area contributed by atoms with Crippen molar-refractivity contribution in [3.63, 3.8) is 0 Å². The first-order valence-corrected chi connectivity index (χ1v) is 8.59. The smallest absolute Gasteiger partial charge is 0.233 e. The van der Waals surface area contributed by atoms with E-state index >= 15 is 0 Å². The lowest BCUT2D eigenvalue weighted by atomic mass is 9.70. The molecule has 1 fully saturated rings. The van der Waals surface area contributed by atoms with Gasteiger partial charge in [0.25, 0.3) is 0 Å². The Hall–Kier alpha value is -0.543. The van der Waals surface area contributed by atoms with Crippen LogP contribution in [0.5, 0.6) is 0 Å². The van der Waals surface area contributed by atoms with Crippen LogP contribution in [0.15, 0.2) is 22.8 Å². The predicted molar refractivity (Wildman–Crippen MR) is 77.8 cm³/mol. The Bertz CT molecular complexity index is 326. The van der Waals surface area contributed by atoms with Gasteiger partial charge in [-0.25, -0.2) is 0 Å². The summed E-state index contributed by atoms with van der Waals surface area (Å²) in [6.07, 6.45) is 9.97. The molecule has 2 nitrogen and oxygen atoms in total. The van der Waals surface area contributed by atoms with Crippen LogP contribution in [0.3, 0.4) is 0 Å². The fourth-order valence-corrected chi connectivity index (χ4v) is 4.47. The summed E-state index contributed by atoms with van der Waals surface area (Å²) in [5.74, 6) is 0.775. The van der Waals surface area contributed by atoms with Gasteiger partial charge in [0.15, 0.2) is 0 Å². The van der Waals surface area contributed by atoms with Crippen LogP contribution < -0.4 is 5.38 Å². The first-order chi connectivity index (χ1) is 8.70. The molecule has 1 saturated carbocycles. The van der Waals surface area contributed by atoms with E-state index in [0.717, 1.165) is 17.9 Å². The van der Waals surface area contributed by atoms with E-state index in [1.54, 1.807) is 6.26 Å². The molecule has 0 aliphatic heterocycles. The van der Waals surface area contributed by atoms with Gasteiger partial charge in [-0.15, -0.1) is 0 Å². The Morgan fingerprint density at radius 2 is 2.11 bits per heavy atom. The fourth-order valence-electron chi connectivity index (χ4n) is 3.34. The maximum absolute atomic E-state index is 6.07. The maximum atomic E-state index is 6.07. The summed E-state index contributed by atoms with van der Waals surface area (Å²) < 4.78 is 11.4. The standard InChI is InChI=1S/C15H26O2Si/c1-13(2)11-15(8-4-3-5-9-15)12-17-18-14-7-6-10-16-14/h6-7,10,13H,3-5,8-9,11-12,18H2,1-2H3. The molecule has 1 heterocycles. The van der Waals surface area contributed by atoms with Gasteiger partial charge in [0, 0.05) is 6.61 Å². The van der Waals surface area contributed by atoms with Crippen molar-refractivity contribution < 1.29 is 8.84 Å². The van der Waals surface area contributed by atoms with Gasteiger partial charge in [0.2, 0.25) is 9.76 Å². The van der Waals surface area contributed by atoms with Crippen molar-refractivity contribution in [2.24, 2.45) is 11.3 Å². The third kappa shape index (κ3) is 3.99. The van der Waals surface area contributed by atoms with E-state index in [4.69, 9.17) is 8.84 Å². The summed E-state index contributed by atoms with van der Waals surface area (Å²) >= 11 is 0. The maximum Gasteiger partial charge on any atom is 0.233 e. The zero-order chi connectivity index (χ0) is 12.8. The number of hydrogen-bond acceptors (Lipinski definition) is 2. The molecule has 0 amide bonds. The minimum absolute atomic E-state index is 0.464. The molecule has 18 heavy (non-hydrogen) atoms. The van der Waals surface area contributed by atoms with E-state index in [2.05, 4.69) is 13.8 Å². The van der Waals surface area contributed by atoms with Gasteiger partial charge in [0.05, 0.1) is 6.26 Å². The Balaban J connectivity index is 1.84. The summed E-state index contributed by atoms with van der Waals surface area (Å²) in [7, 11) is -0.652. The van der Waals surface area contributed by atoms with E-state index in [9.17, 15) is 0 Å². The van der Waals surface area contributed by atoms with E-state index in [-0.39, 0.29) is 0 Å². The number of hydrogen-bond donors (Lipinski definition) is 0. The van der Waals surface area contributed by atoms with Crippen LogP contribution in [0.1, 0.15) is 52.4 Å². The average Bonchev–Trinajstić information content (AvgIpc) is 2.82. The molecule has 1 aromatic rings. The molecule has 1 aliphatic carbocycles. The van der Waals surface area contributed by atoms with E-state index in [1.807, 2.05) is 12.1 Å². The topological polar surface area (TPSA) is 22.4 Å². The predicted octanol–water partition coefficient (Wildman–Crippen LogP) is 3.00.